The maximum absolute atomic E-state index is 13.4. The summed E-state index contributed by atoms with van der Waals surface area (Å²) in [6.45, 7) is 3.21. The van der Waals surface area contributed by atoms with Crippen LogP contribution >= 0.6 is 0 Å². The van der Waals surface area contributed by atoms with Crippen LogP contribution in [0.3, 0.4) is 0 Å². The summed E-state index contributed by atoms with van der Waals surface area (Å²) in [5.74, 6) is -0.997. The Kier molecular flexibility index (Phi) is 7.16. The Morgan fingerprint density at radius 2 is 1.97 bits per heavy atom. The summed E-state index contributed by atoms with van der Waals surface area (Å²) in [6, 6.07) is 4.95. The maximum atomic E-state index is 13.4. The molecule has 2 aliphatic heterocycles. The maximum Gasteiger partial charge on any atom is 0.302 e. The largest absolute Gasteiger partial charge is 0.463 e. The van der Waals surface area contributed by atoms with Crippen LogP contribution < -0.4 is 0 Å². The normalized spacial score (nSPS) is 19.9. The van der Waals surface area contributed by atoms with Gasteiger partial charge in [0.15, 0.2) is 6.10 Å². The lowest BCUT2D eigenvalue weighted by Crippen LogP contribution is -2.49. The molecule has 2 amide bonds. The van der Waals surface area contributed by atoms with E-state index in [1.807, 2.05) is 0 Å². The van der Waals surface area contributed by atoms with Crippen LogP contribution in [-0.2, 0) is 37.0 Å². The van der Waals surface area contributed by atoms with Crippen molar-refractivity contribution in [3.63, 3.8) is 0 Å². The van der Waals surface area contributed by atoms with Crippen molar-refractivity contribution >= 4 is 17.8 Å². The van der Waals surface area contributed by atoms with E-state index in [1.54, 1.807) is 28.0 Å². The summed E-state index contributed by atoms with van der Waals surface area (Å²) in [5.41, 5.74) is 1.36. The molecule has 1 unspecified atom stereocenters. The number of hydrogen-bond acceptors (Lipinski definition) is 6. The molecule has 1 atom stereocenters. The van der Waals surface area contributed by atoms with Gasteiger partial charge in [0, 0.05) is 38.7 Å². The molecule has 158 valence electrons. The highest BCUT2D eigenvalue weighted by Gasteiger charge is 2.31. The fourth-order valence-corrected chi connectivity index (χ4v) is 3.35. The number of carbonyl (C=O) groups is 3. The molecule has 3 rings (SSSR count). The van der Waals surface area contributed by atoms with E-state index in [0.717, 1.165) is 5.56 Å². The first-order chi connectivity index (χ1) is 14.0. The standard InChI is InChI=1S/C20H25FN2O6/c1-14(24)29-13-18-20(26)23(6-9-28-18)12-15-2-3-16(11-21)17(10-15)19(25)22-4-7-27-8-5-22/h2-3,10,18H,4-9,11-13H2,1H3. The van der Waals surface area contributed by atoms with Crippen LogP contribution in [0.2, 0.25) is 0 Å². The quantitative estimate of drug-likeness (QED) is 0.651. The van der Waals surface area contributed by atoms with Crippen molar-refractivity contribution in [2.24, 2.45) is 0 Å². The van der Waals surface area contributed by atoms with Gasteiger partial charge in [-0.25, -0.2) is 4.39 Å². The first-order valence-electron chi connectivity index (χ1n) is 9.58. The van der Waals surface area contributed by atoms with Crippen molar-refractivity contribution < 1.29 is 33.0 Å². The molecule has 2 heterocycles. The second kappa shape index (κ2) is 9.80. The first-order valence-corrected chi connectivity index (χ1v) is 9.58. The molecule has 0 bridgehead atoms. The molecule has 0 aromatic heterocycles. The Hall–Kier alpha value is -2.52. The molecule has 1 aromatic rings. The van der Waals surface area contributed by atoms with Gasteiger partial charge in [-0.2, -0.15) is 0 Å². The van der Waals surface area contributed by atoms with Crippen LogP contribution in [0.4, 0.5) is 4.39 Å². The van der Waals surface area contributed by atoms with Gasteiger partial charge in [0.05, 0.1) is 19.8 Å². The number of benzene rings is 1. The number of amides is 2. The summed E-state index contributed by atoms with van der Waals surface area (Å²) in [7, 11) is 0. The number of halogens is 1. The molecule has 29 heavy (non-hydrogen) atoms. The number of nitrogens with zero attached hydrogens (tertiary/aromatic N) is 2. The molecule has 0 N–H and O–H groups in total. The Balaban J connectivity index is 1.72. The van der Waals surface area contributed by atoms with Gasteiger partial charge in [-0.05, 0) is 17.2 Å². The average Bonchev–Trinajstić information content (AvgIpc) is 2.74. The highest BCUT2D eigenvalue weighted by molar-refractivity contribution is 5.96. The minimum Gasteiger partial charge on any atom is -0.463 e. The van der Waals surface area contributed by atoms with Gasteiger partial charge in [-0.1, -0.05) is 12.1 Å². The smallest absolute Gasteiger partial charge is 0.302 e. The summed E-state index contributed by atoms with van der Waals surface area (Å²) < 4.78 is 29.0. The summed E-state index contributed by atoms with van der Waals surface area (Å²) >= 11 is 0. The monoisotopic (exact) mass is 408 g/mol. The number of carbonyl (C=O) groups excluding carboxylic acids is 3. The zero-order valence-electron chi connectivity index (χ0n) is 16.4. The summed E-state index contributed by atoms with van der Waals surface area (Å²) in [6.07, 6.45) is -0.841. The van der Waals surface area contributed by atoms with Crippen molar-refractivity contribution in [1.82, 2.24) is 9.80 Å². The Bertz CT molecular complexity index is 765. The van der Waals surface area contributed by atoms with Crippen molar-refractivity contribution in [3.8, 4) is 0 Å². The minimum absolute atomic E-state index is 0.133. The molecule has 2 saturated heterocycles. The van der Waals surface area contributed by atoms with Crippen LogP contribution in [0.25, 0.3) is 0 Å². The molecule has 2 fully saturated rings. The summed E-state index contributed by atoms with van der Waals surface area (Å²) in [4.78, 5) is 39.7. The molecule has 1 aromatic carbocycles. The number of hydrogen-bond donors (Lipinski definition) is 0. The predicted molar refractivity (Wildman–Crippen MR) is 99.8 cm³/mol. The van der Waals surface area contributed by atoms with Crippen LogP contribution in [-0.4, -0.2) is 79.7 Å². The van der Waals surface area contributed by atoms with Crippen molar-refractivity contribution in [1.29, 1.82) is 0 Å². The average molecular weight is 408 g/mol. The molecular formula is C20H25FN2O6. The van der Waals surface area contributed by atoms with E-state index in [9.17, 15) is 18.8 Å². The van der Waals surface area contributed by atoms with Crippen molar-refractivity contribution in [2.45, 2.75) is 26.2 Å². The lowest BCUT2D eigenvalue weighted by atomic mass is 10.0. The van der Waals surface area contributed by atoms with E-state index >= 15 is 0 Å². The molecule has 2 aliphatic rings. The fraction of sp³-hybridized carbons (Fsp3) is 0.550. The third kappa shape index (κ3) is 5.30. The number of rotatable bonds is 6. The van der Waals surface area contributed by atoms with Gasteiger partial charge in [-0.15, -0.1) is 0 Å². The lowest BCUT2D eigenvalue weighted by molar-refractivity contribution is -0.163. The van der Waals surface area contributed by atoms with Crippen LogP contribution in [0, 0.1) is 0 Å². The SMILES string of the molecule is CC(=O)OCC1OCCN(Cc2ccc(CF)c(C(=O)N3CCOCC3)c2)C1=O. The molecule has 8 nitrogen and oxygen atoms in total. The molecule has 0 spiro atoms. The van der Waals surface area contributed by atoms with E-state index < -0.39 is 18.7 Å². The van der Waals surface area contributed by atoms with Gasteiger partial charge in [0.1, 0.15) is 13.3 Å². The van der Waals surface area contributed by atoms with Crippen LogP contribution in [0.15, 0.2) is 18.2 Å². The van der Waals surface area contributed by atoms with E-state index in [-0.39, 0.29) is 25.0 Å². The molecule has 0 radical (unpaired) electrons. The van der Waals surface area contributed by atoms with E-state index in [2.05, 4.69) is 0 Å². The Morgan fingerprint density at radius 1 is 1.21 bits per heavy atom. The van der Waals surface area contributed by atoms with Gasteiger partial charge in [-0.3, -0.25) is 14.4 Å². The first kappa shape index (κ1) is 21.2. The Morgan fingerprint density at radius 3 is 2.66 bits per heavy atom. The van der Waals surface area contributed by atoms with E-state index in [1.165, 1.54) is 6.92 Å². The van der Waals surface area contributed by atoms with Gasteiger partial charge < -0.3 is 24.0 Å². The third-order valence-corrected chi connectivity index (χ3v) is 4.93. The molecule has 0 saturated carbocycles. The van der Waals surface area contributed by atoms with Crippen molar-refractivity contribution in [2.75, 3.05) is 46.1 Å². The second-order valence-corrected chi connectivity index (χ2v) is 6.95. The zero-order chi connectivity index (χ0) is 20.8. The zero-order valence-corrected chi connectivity index (χ0v) is 16.4. The number of alkyl halides is 1. The molecule has 0 aliphatic carbocycles. The predicted octanol–water partition coefficient (Wildman–Crippen LogP) is 0.919. The third-order valence-electron chi connectivity index (χ3n) is 4.93. The highest BCUT2D eigenvalue weighted by atomic mass is 19.1. The van der Waals surface area contributed by atoms with Gasteiger partial charge in [0.2, 0.25) is 0 Å². The fourth-order valence-electron chi connectivity index (χ4n) is 3.35. The lowest BCUT2D eigenvalue weighted by Gasteiger charge is -2.32. The second-order valence-electron chi connectivity index (χ2n) is 6.95. The van der Waals surface area contributed by atoms with E-state index in [0.29, 0.717) is 50.6 Å². The number of esters is 1. The highest BCUT2D eigenvalue weighted by Crippen LogP contribution is 2.19. The van der Waals surface area contributed by atoms with Crippen LogP contribution in [0.5, 0.6) is 0 Å². The Labute approximate surface area is 168 Å². The molecule has 9 heteroatoms. The number of ether oxygens (including phenoxy) is 3. The van der Waals surface area contributed by atoms with Gasteiger partial charge in [0.25, 0.3) is 11.8 Å². The van der Waals surface area contributed by atoms with Crippen LogP contribution in [0.1, 0.15) is 28.4 Å². The van der Waals surface area contributed by atoms with E-state index in [4.69, 9.17) is 14.2 Å². The number of morpholine rings is 2. The molecular weight excluding hydrogens is 383 g/mol. The van der Waals surface area contributed by atoms with Gasteiger partial charge >= 0.3 is 5.97 Å². The minimum atomic E-state index is -0.841. The summed E-state index contributed by atoms with van der Waals surface area (Å²) in [5, 5.41) is 0. The van der Waals surface area contributed by atoms with Crippen molar-refractivity contribution in [3.05, 3.63) is 34.9 Å². The topological polar surface area (TPSA) is 85.4 Å².